The number of hydrogen-bond acceptors (Lipinski definition) is 6. The molecule has 0 saturated carbocycles. The molecule has 2 aliphatic rings. The molecule has 1 aromatic carbocycles. The van der Waals surface area contributed by atoms with Gasteiger partial charge in [-0.15, -0.1) is 0 Å². The van der Waals surface area contributed by atoms with E-state index < -0.39 is 41.0 Å². The van der Waals surface area contributed by atoms with E-state index in [0.29, 0.717) is 6.42 Å². The summed E-state index contributed by atoms with van der Waals surface area (Å²) in [5.41, 5.74) is -1.50. The number of ether oxygens (including phenoxy) is 1. The van der Waals surface area contributed by atoms with Gasteiger partial charge in [0.2, 0.25) is 0 Å². The molecule has 30 heavy (non-hydrogen) atoms. The molecule has 0 unspecified atom stereocenters. The van der Waals surface area contributed by atoms with Gasteiger partial charge in [-0.3, -0.25) is 14.5 Å². The maximum absolute atomic E-state index is 13.4. The summed E-state index contributed by atoms with van der Waals surface area (Å²) in [7, 11) is 1.82. The predicted octanol–water partition coefficient (Wildman–Crippen LogP) is 2.19. The van der Waals surface area contributed by atoms with Gasteiger partial charge in [-0.2, -0.15) is 0 Å². The van der Waals surface area contributed by atoms with Crippen molar-refractivity contribution in [2.75, 3.05) is 7.05 Å². The quantitative estimate of drug-likeness (QED) is 0.496. The van der Waals surface area contributed by atoms with Crippen molar-refractivity contribution in [1.82, 2.24) is 10.2 Å². The van der Waals surface area contributed by atoms with E-state index >= 15 is 0 Å². The van der Waals surface area contributed by atoms with E-state index in [4.69, 9.17) is 4.74 Å². The fraction of sp³-hybridized carbons (Fsp3) is 0.591. The molecule has 1 amide bonds. The van der Waals surface area contributed by atoms with Crippen LogP contribution >= 0.6 is 0 Å². The van der Waals surface area contributed by atoms with Crippen LogP contribution in [-0.4, -0.2) is 63.8 Å². The summed E-state index contributed by atoms with van der Waals surface area (Å²) in [4.78, 5) is 39.4. The van der Waals surface area contributed by atoms with Gasteiger partial charge in [-0.05, 0) is 52.6 Å². The lowest BCUT2D eigenvalue weighted by Gasteiger charge is -2.46. The smallest absolute Gasteiger partial charge is 0.407 e. The van der Waals surface area contributed by atoms with Crippen molar-refractivity contribution in [2.24, 2.45) is 5.41 Å². The first-order chi connectivity index (χ1) is 14.0. The number of piperidine rings is 1. The van der Waals surface area contributed by atoms with E-state index in [-0.39, 0.29) is 24.6 Å². The molecule has 0 aromatic heterocycles. The van der Waals surface area contributed by atoms with Gasteiger partial charge in [0, 0.05) is 24.2 Å². The van der Waals surface area contributed by atoms with Gasteiger partial charge >= 0.3 is 12.1 Å². The lowest BCUT2D eigenvalue weighted by Crippen LogP contribution is -2.64. The van der Waals surface area contributed by atoms with Gasteiger partial charge in [-0.25, -0.2) is 4.79 Å². The SMILES string of the molecule is CN1[C@H]2CC[C@@H]1[C@](C(=O)O)(C(=O)c1ccc(CNC(=O)OC(C)(C)C)cc1)[C@@H](O)C2. The zero-order valence-corrected chi connectivity index (χ0v) is 17.8. The number of carboxylic acid groups (broad SMARTS) is 1. The van der Waals surface area contributed by atoms with Crippen molar-refractivity contribution >= 4 is 17.8 Å². The van der Waals surface area contributed by atoms with E-state index in [1.807, 2.05) is 11.9 Å². The van der Waals surface area contributed by atoms with Crippen LogP contribution in [0.5, 0.6) is 0 Å². The van der Waals surface area contributed by atoms with Crippen molar-refractivity contribution < 1.29 is 29.3 Å². The highest BCUT2D eigenvalue weighted by Crippen LogP contribution is 2.48. The second kappa shape index (κ2) is 8.00. The Morgan fingerprint density at radius 3 is 2.40 bits per heavy atom. The average molecular weight is 418 g/mol. The highest BCUT2D eigenvalue weighted by molar-refractivity contribution is 6.13. The first kappa shape index (κ1) is 22.2. The molecule has 3 rings (SSSR count). The zero-order valence-electron chi connectivity index (χ0n) is 17.8. The van der Waals surface area contributed by atoms with E-state index in [1.165, 1.54) is 0 Å². The molecular weight excluding hydrogens is 388 g/mol. The van der Waals surface area contributed by atoms with Crippen LogP contribution in [0.2, 0.25) is 0 Å². The third-order valence-electron chi connectivity index (χ3n) is 6.17. The Morgan fingerprint density at radius 1 is 1.20 bits per heavy atom. The Balaban J connectivity index is 1.77. The summed E-state index contributed by atoms with van der Waals surface area (Å²) in [6.07, 6.45) is -0.172. The number of aliphatic hydroxyl groups is 1. The topological polar surface area (TPSA) is 116 Å². The van der Waals surface area contributed by atoms with Crippen LogP contribution in [0.3, 0.4) is 0 Å². The van der Waals surface area contributed by atoms with Crippen molar-refractivity contribution in [1.29, 1.82) is 0 Å². The fourth-order valence-electron chi connectivity index (χ4n) is 4.70. The lowest BCUT2D eigenvalue weighted by molar-refractivity contribution is -0.161. The number of rotatable bonds is 5. The number of carbonyl (C=O) groups is 3. The van der Waals surface area contributed by atoms with Gasteiger partial charge in [0.25, 0.3) is 0 Å². The third kappa shape index (κ3) is 3.94. The minimum atomic E-state index is -1.88. The Hall–Kier alpha value is -2.45. The average Bonchev–Trinajstić information content (AvgIpc) is 2.91. The molecule has 1 aromatic rings. The fourth-order valence-corrected chi connectivity index (χ4v) is 4.70. The molecule has 2 saturated heterocycles. The molecular formula is C22H30N2O6. The summed E-state index contributed by atoms with van der Waals surface area (Å²) in [6.45, 7) is 5.53. The number of aliphatic hydroxyl groups excluding tert-OH is 1. The molecule has 0 radical (unpaired) electrons. The number of aliphatic carboxylic acids is 1. The zero-order chi connectivity index (χ0) is 22.3. The normalized spacial score (nSPS) is 28.8. The maximum Gasteiger partial charge on any atom is 0.407 e. The van der Waals surface area contributed by atoms with Gasteiger partial charge in [0.15, 0.2) is 11.2 Å². The lowest BCUT2D eigenvalue weighted by atomic mass is 9.67. The van der Waals surface area contributed by atoms with E-state index in [1.54, 1.807) is 45.0 Å². The van der Waals surface area contributed by atoms with Gasteiger partial charge in [0.1, 0.15) is 5.60 Å². The van der Waals surface area contributed by atoms with Crippen molar-refractivity contribution in [2.45, 2.75) is 70.4 Å². The number of hydrogen-bond donors (Lipinski definition) is 3. The van der Waals surface area contributed by atoms with Crippen LogP contribution in [-0.2, 0) is 16.1 Å². The molecule has 8 nitrogen and oxygen atoms in total. The number of carbonyl (C=O) groups excluding carboxylic acids is 2. The molecule has 0 spiro atoms. The summed E-state index contributed by atoms with van der Waals surface area (Å²) < 4.78 is 5.19. The third-order valence-corrected chi connectivity index (χ3v) is 6.17. The van der Waals surface area contributed by atoms with Crippen molar-refractivity contribution in [3.05, 3.63) is 35.4 Å². The van der Waals surface area contributed by atoms with Gasteiger partial charge < -0.3 is 20.3 Å². The van der Waals surface area contributed by atoms with Crippen LogP contribution in [0.15, 0.2) is 24.3 Å². The number of amides is 1. The minimum absolute atomic E-state index is 0.103. The van der Waals surface area contributed by atoms with Crippen LogP contribution in [0.4, 0.5) is 4.79 Å². The Morgan fingerprint density at radius 2 is 1.83 bits per heavy atom. The van der Waals surface area contributed by atoms with Crippen molar-refractivity contribution in [3.8, 4) is 0 Å². The van der Waals surface area contributed by atoms with Crippen LogP contribution < -0.4 is 5.32 Å². The maximum atomic E-state index is 13.4. The van der Waals surface area contributed by atoms with Crippen LogP contribution in [0, 0.1) is 5.41 Å². The molecule has 164 valence electrons. The first-order valence-electron chi connectivity index (χ1n) is 10.2. The number of carboxylic acids is 1. The van der Waals surface area contributed by atoms with Crippen LogP contribution in [0.1, 0.15) is 56.0 Å². The molecule has 2 bridgehead atoms. The van der Waals surface area contributed by atoms with E-state index in [9.17, 15) is 24.6 Å². The van der Waals surface area contributed by atoms with Gasteiger partial charge in [-0.1, -0.05) is 24.3 Å². The Bertz CT molecular complexity index is 831. The van der Waals surface area contributed by atoms with Crippen LogP contribution in [0.25, 0.3) is 0 Å². The first-order valence-corrected chi connectivity index (χ1v) is 10.2. The highest BCUT2D eigenvalue weighted by atomic mass is 16.6. The second-order valence-corrected chi connectivity index (χ2v) is 9.22. The Labute approximate surface area is 176 Å². The predicted molar refractivity (Wildman–Crippen MR) is 109 cm³/mol. The largest absolute Gasteiger partial charge is 0.480 e. The number of alkyl carbamates (subject to hydrolysis) is 1. The Kier molecular flexibility index (Phi) is 5.93. The second-order valence-electron chi connectivity index (χ2n) is 9.22. The number of ketones is 1. The molecule has 2 heterocycles. The summed E-state index contributed by atoms with van der Waals surface area (Å²) in [5.74, 6) is -1.86. The highest BCUT2D eigenvalue weighted by Gasteiger charge is 2.64. The molecule has 2 fully saturated rings. The number of fused-ring (bicyclic) bond motifs is 2. The monoisotopic (exact) mass is 418 g/mol. The minimum Gasteiger partial charge on any atom is -0.480 e. The van der Waals surface area contributed by atoms with E-state index in [2.05, 4.69) is 5.32 Å². The van der Waals surface area contributed by atoms with Gasteiger partial charge in [0.05, 0.1) is 6.10 Å². The number of nitrogens with one attached hydrogen (secondary N) is 1. The van der Waals surface area contributed by atoms with E-state index in [0.717, 1.165) is 12.0 Å². The summed E-state index contributed by atoms with van der Waals surface area (Å²) in [5, 5.41) is 23.4. The number of Topliss-reactive ketones (excluding diaryl/α,β-unsaturated/α-hetero) is 1. The molecule has 4 atom stereocenters. The standard InChI is InChI=1S/C22H30N2O6/c1-21(2,3)30-20(29)23-12-13-5-7-14(8-6-13)18(26)22(19(27)28)16-10-9-15(24(16)4)11-17(22)25/h5-8,15-17,25H,9-12H2,1-4H3,(H,23,29)(H,27,28)/t15-,16+,17-,22+/m0/s1. The summed E-state index contributed by atoms with van der Waals surface area (Å²) >= 11 is 0. The van der Waals surface area contributed by atoms with Crippen molar-refractivity contribution in [3.63, 3.8) is 0 Å². The molecule has 3 N–H and O–H groups in total. The number of nitrogens with zero attached hydrogens (tertiary/aromatic N) is 1. The molecule has 8 heteroatoms. The summed E-state index contributed by atoms with van der Waals surface area (Å²) in [6, 6.07) is 5.99. The molecule has 0 aliphatic carbocycles. The number of benzene rings is 1. The molecule has 2 aliphatic heterocycles.